The quantitative estimate of drug-likeness (QED) is 0.511. The van der Waals surface area contributed by atoms with Crippen molar-refractivity contribution in [3.05, 3.63) is 56.1 Å². The van der Waals surface area contributed by atoms with Gasteiger partial charge in [-0.3, -0.25) is 10.1 Å². The summed E-state index contributed by atoms with van der Waals surface area (Å²) in [6.07, 6.45) is 0.983. The summed E-state index contributed by atoms with van der Waals surface area (Å²) in [6.45, 7) is 10.4. The number of anilines is 1. The van der Waals surface area contributed by atoms with Gasteiger partial charge in [0.2, 0.25) is 0 Å². The van der Waals surface area contributed by atoms with Crippen LogP contribution < -0.4 is 5.32 Å². The zero-order valence-corrected chi connectivity index (χ0v) is 16.0. The Labute approximate surface area is 153 Å². The van der Waals surface area contributed by atoms with E-state index < -0.39 is 0 Å². The average molecular weight is 359 g/mol. The number of hydrogen-bond donors (Lipinski definition) is 1. The molecule has 0 fully saturated rings. The van der Waals surface area contributed by atoms with Gasteiger partial charge < -0.3 is 5.32 Å². The molecule has 2 aromatic carbocycles. The zero-order valence-electron chi connectivity index (χ0n) is 15.2. The Morgan fingerprint density at radius 2 is 1.96 bits per heavy atom. The molecule has 1 heterocycles. The molecule has 0 amide bonds. The second-order valence-corrected chi connectivity index (χ2v) is 8.04. The summed E-state index contributed by atoms with van der Waals surface area (Å²) in [5.74, 6) is 0.316. The van der Waals surface area contributed by atoms with Crippen LogP contribution in [0.5, 0.6) is 0 Å². The van der Waals surface area contributed by atoms with Crippen LogP contribution >= 0.6 is 11.6 Å². The topological polar surface area (TPSA) is 55.2 Å². The van der Waals surface area contributed by atoms with E-state index >= 15 is 0 Å². The molecule has 0 aromatic heterocycles. The fraction of sp³-hybridized carbons (Fsp3) is 0.400. The van der Waals surface area contributed by atoms with Crippen LogP contribution in [0.1, 0.15) is 49.8 Å². The first-order valence-corrected chi connectivity index (χ1v) is 8.85. The molecule has 0 bridgehead atoms. The highest BCUT2D eigenvalue weighted by molar-refractivity contribution is 6.34. The molecule has 4 nitrogen and oxygen atoms in total. The van der Waals surface area contributed by atoms with Gasteiger partial charge in [-0.15, -0.1) is 0 Å². The van der Waals surface area contributed by atoms with Gasteiger partial charge in [0.05, 0.1) is 9.95 Å². The third-order valence-corrected chi connectivity index (χ3v) is 5.47. The Kier molecular flexibility index (Phi) is 4.28. The van der Waals surface area contributed by atoms with E-state index in [1.807, 2.05) is 12.1 Å². The van der Waals surface area contributed by atoms with Crippen molar-refractivity contribution < 1.29 is 4.92 Å². The van der Waals surface area contributed by atoms with Crippen LogP contribution in [0.4, 0.5) is 11.4 Å². The first-order valence-electron chi connectivity index (χ1n) is 8.48. The molecule has 0 aliphatic carbocycles. The fourth-order valence-corrected chi connectivity index (χ4v) is 4.45. The number of benzene rings is 2. The highest BCUT2D eigenvalue weighted by Gasteiger charge is 2.33. The normalized spacial score (nSPS) is 18.4. The molecular weight excluding hydrogens is 336 g/mol. The Morgan fingerprint density at radius 1 is 1.28 bits per heavy atom. The first kappa shape index (κ1) is 17.7. The van der Waals surface area contributed by atoms with E-state index in [0.717, 1.165) is 34.4 Å². The maximum atomic E-state index is 11.3. The third kappa shape index (κ3) is 2.99. The molecule has 3 rings (SSSR count). The number of hydrogen-bond acceptors (Lipinski definition) is 3. The van der Waals surface area contributed by atoms with Crippen molar-refractivity contribution in [2.24, 2.45) is 0 Å². The summed E-state index contributed by atoms with van der Waals surface area (Å²) in [5, 5.41) is 15.6. The number of nitrogens with zero attached hydrogens (tertiary/aromatic N) is 1. The molecular formula is C20H23ClN2O2. The summed E-state index contributed by atoms with van der Waals surface area (Å²) in [7, 11) is 0. The van der Waals surface area contributed by atoms with Crippen molar-refractivity contribution in [1.29, 1.82) is 0 Å². The minimum Gasteiger partial charge on any atom is -0.380 e. The molecule has 5 heteroatoms. The minimum atomic E-state index is -0.343. The van der Waals surface area contributed by atoms with E-state index in [-0.39, 0.29) is 16.1 Å². The van der Waals surface area contributed by atoms with Crippen LogP contribution in [0.3, 0.4) is 0 Å². The van der Waals surface area contributed by atoms with Crippen molar-refractivity contribution in [2.75, 3.05) is 5.32 Å². The maximum Gasteiger partial charge on any atom is 0.272 e. The number of nitro groups is 1. The highest BCUT2D eigenvalue weighted by Crippen LogP contribution is 2.48. The van der Waals surface area contributed by atoms with E-state index in [1.54, 1.807) is 13.0 Å². The summed E-state index contributed by atoms with van der Waals surface area (Å²) >= 11 is 6.82. The molecule has 132 valence electrons. The lowest BCUT2D eigenvalue weighted by Gasteiger charge is -2.39. The molecule has 0 radical (unpaired) electrons. The Morgan fingerprint density at radius 3 is 2.60 bits per heavy atom. The van der Waals surface area contributed by atoms with Gasteiger partial charge >= 0.3 is 0 Å². The highest BCUT2D eigenvalue weighted by atomic mass is 35.5. The van der Waals surface area contributed by atoms with Crippen LogP contribution in [-0.4, -0.2) is 10.5 Å². The van der Waals surface area contributed by atoms with Crippen LogP contribution in [0.25, 0.3) is 11.1 Å². The lowest BCUT2D eigenvalue weighted by molar-refractivity contribution is -0.385. The predicted octanol–water partition coefficient (Wildman–Crippen LogP) is 6.23. The summed E-state index contributed by atoms with van der Waals surface area (Å²) in [4.78, 5) is 10.9. The fourth-order valence-electron chi connectivity index (χ4n) is 4.01. The number of halogens is 1. The van der Waals surface area contributed by atoms with Crippen molar-refractivity contribution in [2.45, 2.75) is 52.5 Å². The predicted molar refractivity (Wildman–Crippen MR) is 104 cm³/mol. The monoisotopic (exact) mass is 358 g/mol. The van der Waals surface area contributed by atoms with E-state index in [9.17, 15) is 10.1 Å². The standard InChI is InChI=1S/C20H23ClN2O2/c1-11-9-15(14-7-6-8-16(13(14)3)23(24)25)18(21)17-12(2)10-20(4,5)22-19(11)17/h6-9,12,22H,10H2,1-5H3. The molecule has 0 saturated carbocycles. The largest absolute Gasteiger partial charge is 0.380 e. The maximum absolute atomic E-state index is 11.3. The first-order chi connectivity index (χ1) is 11.6. The summed E-state index contributed by atoms with van der Waals surface area (Å²) < 4.78 is 0. The Hall–Kier alpha value is -2.07. The lowest BCUT2D eigenvalue weighted by Crippen LogP contribution is -2.37. The smallest absolute Gasteiger partial charge is 0.272 e. The molecule has 0 saturated heterocycles. The second kappa shape index (κ2) is 6.03. The van der Waals surface area contributed by atoms with Gasteiger partial charge in [0.1, 0.15) is 0 Å². The molecule has 2 aromatic rings. The van der Waals surface area contributed by atoms with Gasteiger partial charge in [0.25, 0.3) is 5.69 Å². The van der Waals surface area contributed by atoms with Crippen LogP contribution in [0.15, 0.2) is 24.3 Å². The second-order valence-electron chi connectivity index (χ2n) is 7.66. The number of rotatable bonds is 2. The molecule has 1 aliphatic heterocycles. The van der Waals surface area contributed by atoms with Gasteiger partial charge in [-0.2, -0.15) is 0 Å². The molecule has 1 atom stereocenters. The zero-order chi connectivity index (χ0) is 18.5. The van der Waals surface area contributed by atoms with Crippen LogP contribution in [0.2, 0.25) is 5.02 Å². The number of nitrogens with one attached hydrogen (secondary N) is 1. The van der Waals surface area contributed by atoms with E-state index in [1.165, 1.54) is 6.07 Å². The lowest BCUT2D eigenvalue weighted by atomic mass is 9.79. The Bertz CT molecular complexity index is 874. The van der Waals surface area contributed by atoms with Gasteiger partial charge in [-0.25, -0.2) is 0 Å². The van der Waals surface area contributed by atoms with Gasteiger partial charge in [-0.05, 0) is 62.8 Å². The number of fused-ring (bicyclic) bond motifs is 1. The summed E-state index contributed by atoms with van der Waals surface area (Å²) in [6, 6.07) is 7.19. The Balaban J connectivity index is 2.25. The van der Waals surface area contributed by atoms with Gasteiger partial charge in [0.15, 0.2) is 0 Å². The van der Waals surface area contributed by atoms with E-state index in [0.29, 0.717) is 16.5 Å². The minimum absolute atomic E-state index is 0.0173. The van der Waals surface area contributed by atoms with Gasteiger partial charge in [-0.1, -0.05) is 30.7 Å². The molecule has 0 spiro atoms. The van der Waals surface area contributed by atoms with Crippen molar-refractivity contribution in [1.82, 2.24) is 0 Å². The van der Waals surface area contributed by atoms with E-state index in [2.05, 4.69) is 33.0 Å². The number of nitro benzene ring substituents is 1. The van der Waals surface area contributed by atoms with Crippen molar-refractivity contribution in [3.63, 3.8) is 0 Å². The summed E-state index contributed by atoms with van der Waals surface area (Å²) in [5.41, 5.74) is 5.79. The molecule has 1 N–H and O–H groups in total. The number of aryl methyl sites for hydroxylation is 1. The molecule has 25 heavy (non-hydrogen) atoms. The van der Waals surface area contributed by atoms with Crippen LogP contribution in [-0.2, 0) is 0 Å². The van der Waals surface area contributed by atoms with Crippen molar-refractivity contribution in [3.8, 4) is 11.1 Å². The van der Waals surface area contributed by atoms with Gasteiger partial charge in [0, 0.05) is 28.4 Å². The van der Waals surface area contributed by atoms with Crippen LogP contribution in [0, 0.1) is 24.0 Å². The van der Waals surface area contributed by atoms with Crippen molar-refractivity contribution >= 4 is 23.0 Å². The van der Waals surface area contributed by atoms with E-state index in [4.69, 9.17) is 11.6 Å². The third-order valence-electron chi connectivity index (χ3n) is 5.06. The SMILES string of the molecule is Cc1cc(-c2cccc([N+](=O)[O-])c2C)c(Cl)c2c1NC(C)(C)CC2C. The average Bonchev–Trinajstić information content (AvgIpc) is 2.49. The molecule has 1 aliphatic rings. The molecule has 1 unspecified atom stereocenters.